The summed E-state index contributed by atoms with van der Waals surface area (Å²) in [5.74, 6) is -0.162. The SMILES string of the molecule is CCN1CCOC(CNC(=O)c2n[nH]c3ccccc23)C1. The molecule has 21 heavy (non-hydrogen) atoms. The average molecular weight is 288 g/mol. The van der Waals surface area contributed by atoms with E-state index in [-0.39, 0.29) is 12.0 Å². The number of fused-ring (bicyclic) bond motifs is 1. The van der Waals surface area contributed by atoms with Crippen LogP contribution in [0, 0.1) is 0 Å². The lowest BCUT2D eigenvalue weighted by Gasteiger charge is -2.32. The summed E-state index contributed by atoms with van der Waals surface area (Å²) in [5.41, 5.74) is 1.31. The Morgan fingerprint density at radius 3 is 3.24 bits per heavy atom. The summed E-state index contributed by atoms with van der Waals surface area (Å²) in [5, 5.41) is 10.7. The van der Waals surface area contributed by atoms with Gasteiger partial charge < -0.3 is 10.1 Å². The third kappa shape index (κ3) is 3.06. The summed E-state index contributed by atoms with van der Waals surface area (Å²) in [6.45, 7) is 6.20. The third-order valence-electron chi connectivity index (χ3n) is 3.85. The van der Waals surface area contributed by atoms with E-state index < -0.39 is 0 Å². The minimum Gasteiger partial charge on any atom is -0.374 e. The monoisotopic (exact) mass is 288 g/mol. The molecule has 6 nitrogen and oxygen atoms in total. The van der Waals surface area contributed by atoms with Crippen LogP contribution < -0.4 is 5.32 Å². The van der Waals surface area contributed by atoms with Crippen molar-refractivity contribution in [1.82, 2.24) is 20.4 Å². The number of amides is 1. The lowest BCUT2D eigenvalue weighted by molar-refractivity contribution is -0.0246. The molecule has 0 radical (unpaired) electrons. The fourth-order valence-electron chi connectivity index (χ4n) is 2.62. The van der Waals surface area contributed by atoms with Crippen LogP contribution in [0.5, 0.6) is 0 Å². The minimum absolute atomic E-state index is 0.0489. The van der Waals surface area contributed by atoms with Crippen molar-refractivity contribution in [3.63, 3.8) is 0 Å². The van der Waals surface area contributed by atoms with Crippen LogP contribution in [-0.4, -0.2) is 59.9 Å². The van der Waals surface area contributed by atoms with E-state index in [9.17, 15) is 4.79 Å². The van der Waals surface area contributed by atoms with Gasteiger partial charge in [0.15, 0.2) is 5.69 Å². The number of aromatic amines is 1. The number of morpholine rings is 1. The summed E-state index contributed by atoms with van der Waals surface area (Å²) in [4.78, 5) is 14.6. The van der Waals surface area contributed by atoms with Crippen molar-refractivity contribution >= 4 is 16.8 Å². The average Bonchev–Trinajstić information content (AvgIpc) is 2.97. The summed E-state index contributed by atoms with van der Waals surface area (Å²) in [6.07, 6.45) is 0.0489. The van der Waals surface area contributed by atoms with Gasteiger partial charge >= 0.3 is 0 Å². The molecule has 0 saturated carbocycles. The highest BCUT2D eigenvalue weighted by Crippen LogP contribution is 2.14. The van der Waals surface area contributed by atoms with Crippen LogP contribution in [0.15, 0.2) is 24.3 Å². The normalized spacial score (nSPS) is 19.8. The van der Waals surface area contributed by atoms with Gasteiger partial charge in [-0.25, -0.2) is 0 Å². The van der Waals surface area contributed by atoms with Gasteiger partial charge in [-0.2, -0.15) is 5.10 Å². The van der Waals surface area contributed by atoms with E-state index in [0.717, 1.165) is 37.1 Å². The number of H-pyrrole nitrogens is 1. The molecular weight excluding hydrogens is 268 g/mol. The van der Waals surface area contributed by atoms with Crippen LogP contribution in [0.4, 0.5) is 0 Å². The number of hydrogen-bond donors (Lipinski definition) is 2. The van der Waals surface area contributed by atoms with Crippen molar-refractivity contribution in [3.8, 4) is 0 Å². The Balaban J connectivity index is 1.61. The number of rotatable bonds is 4. The number of ether oxygens (including phenoxy) is 1. The number of likely N-dealkylation sites (N-methyl/N-ethyl adjacent to an activating group) is 1. The number of nitrogens with one attached hydrogen (secondary N) is 2. The van der Waals surface area contributed by atoms with Gasteiger partial charge in [0, 0.05) is 25.0 Å². The Morgan fingerprint density at radius 2 is 2.38 bits per heavy atom. The second kappa shape index (κ2) is 6.24. The maximum Gasteiger partial charge on any atom is 0.272 e. The van der Waals surface area contributed by atoms with Crippen molar-refractivity contribution in [2.45, 2.75) is 13.0 Å². The zero-order valence-electron chi connectivity index (χ0n) is 12.1. The molecule has 1 aromatic heterocycles. The quantitative estimate of drug-likeness (QED) is 0.881. The van der Waals surface area contributed by atoms with Gasteiger partial charge in [-0.05, 0) is 12.6 Å². The number of benzene rings is 1. The number of para-hydroxylation sites is 1. The molecular formula is C15H20N4O2. The molecule has 0 aliphatic carbocycles. The molecule has 6 heteroatoms. The second-order valence-corrected chi connectivity index (χ2v) is 5.21. The Kier molecular flexibility index (Phi) is 4.17. The van der Waals surface area contributed by atoms with E-state index >= 15 is 0 Å². The largest absolute Gasteiger partial charge is 0.374 e. The minimum atomic E-state index is -0.162. The van der Waals surface area contributed by atoms with E-state index in [1.807, 2.05) is 24.3 Å². The molecule has 0 spiro atoms. The molecule has 1 saturated heterocycles. The first-order chi connectivity index (χ1) is 10.3. The van der Waals surface area contributed by atoms with E-state index in [0.29, 0.717) is 12.2 Å². The molecule has 1 fully saturated rings. The molecule has 1 aliphatic rings. The van der Waals surface area contributed by atoms with Gasteiger partial charge in [0.2, 0.25) is 0 Å². The van der Waals surface area contributed by atoms with Crippen LogP contribution in [0.25, 0.3) is 10.9 Å². The Bertz CT molecular complexity index is 625. The summed E-state index contributed by atoms with van der Waals surface area (Å²) >= 11 is 0. The molecule has 2 aromatic rings. The summed E-state index contributed by atoms with van der Waals surface area (Å²) in [7, 11) is 0. The summed E-state index contributed by atoms with van der Waals surface area (Å²) in [6, 6.07) is 7.61. The van der Waals surface area contributed by atoms with Gasteiger partial charge in [-0.3, -0.25) is 14.8 Å². The Labute approximate surface area is 123 Å². The van der Waals surface area contributed by atoms with Crippen molar-refractivity contribution in [2.24, 2.45) is 0 Å². The van der Waals surface area contributed by atoms with Crippen LogP contribution in [0.2, 0.25) is 0 Å². The van der Waals surface area contributed by atoms with Crippen molar-refractivity contribution in [1.29, 1.82) is 0 Å². The van der Waals surface area contributed by atoms with Gasteiger partial charge in [-0.15, -0.1) is 0 Å². The number of hydrogen-bond acceptors (Lipinski definition) is 4. The topological polar surface area (TPSA) is 70.2 Å². The lowest BCUT2D eigenvalue weighted by Crippen LogP contribution is -2.47. The lowest BCUT2D eigenvalue weighted by atomic mass is 10.2. The molecule has 3 rings (SSSR count). The zero-order valence-corrected chi connectivity index (χ0v) is 12.1. The molecule has 1 aromatic carbocycles. The predicted octanol–water partition coefficient (Wildman–Crippen LogP) is 1.01. The van der Waals surface area contributed by atoms with Crippen molar-refractivity contribution < 1.29 is 9.53 Å². The van der Waals surface area contributed by atoms with E-state index in [4.69, 9.17) is 4.74 Å². The second-order valence-electron chi connectivity index (χ2n) is 5.21. The molecule has 1 atom stereocenters. The van der Waals surface area contributed by atoms with Crippen LogP contribution >= 0.6 is 0 Å². The molecule has 2 heterocycles. The molecule has 2 N–H and O–H groups in total. The first-order valence-corrected chi connectivity index (χ1v) is 7.33. The molecule has 112 valence electrons. The van der Waals surface area contributed by atoms with E-state index in [1.54, 1.807) is 0 Å². The number of nitrogens with zero attached hydrogens (tertiary/aromatic N) is 2. The highest BCUT2D eigenvalue weighted by Gasteiger charge is 2.21. The predicted molar refractivity (Wildman–Crippen MR) is 80.3 cm³/mol. The molecule has 0 bridgehead atoms. The standard InChI is InChI=1S/C15H20N4O2/c1-2-19-7-8-21-11(10-19)9-16-15(20)14-12-5-3-4-6-13(12)17-18-14/h3-6,11H,2,7-10H2,1H3,(H,16,20)(H,17,18). The smallest absolute Gasteiger partial charge is 0.272 e. The molecule has 1 aliphatic heterocycles. The third-order valence-corrected chi connectivity index (χ3v) is 3.85. The number of carbonyl (C=O) groups excluding carboxylic acids is 1. The van der Waals surface area contributed by atoms with Crippen LogP contribution in [0.1, 0.15) is 17.4 Å². The van der Waals surface area contributed by atoms with Gasteiger partial charge in [0.1, 0.15) is 0 Å². The number of aromatic nitrogens is 2. The maximum atomic E-state index is 12.3. The van der Waals surface area contributed by atoms with Crippen molar-refractivity contribution in [3.05, 3.63) is 30.0 Å². The van der Waals surface area contributed by atoms with Crippen LogP contribution in [-0.2, 0) is 4.74 Å². The number of carbonyl (C=O) groups is 1. The van der Waals surface area contributed by atoms with Crippen LogP contribution in [0.3, 0.4) is 0 Å². The first kappa shape index (κ1) is 14.0. The highest BCUT2D eigenvalue weighted by molar-refractivity contribution is 6.04. The maximum absolute atomic E-state index is 12.3. The van der Waals surface area contributed by atoms with E-state index in [1.165, 1.54) is 0 Å². The van der Waals surface area contributed by atoms with Gasteiger partial charge in [0.25, 0.3) is 5.91 Å². The molecule has 1 unspecified atom stereocenters. The summed E-state index contributed by atoms with van der Waals surface area (Å²) < 4.78 is 5.68. The van der Waals surface area contributed by atoms with E-state index in [2.05, 4.69) is 27.3 Å². The first-order valence-electron chi connectivity index (χ1n) is 7.33. The highest BCUT2D eigenvalue weighted by atomic mass is 16.5. The van der Waals surface area contributed by atoms with Gasteiger partial charge in [-0.1, -0.05) is 25.1 Å². The Hall–Kier alpha value is -1.92. The van der Waals surface area contributed by atoms with Crippen molar-refractivity contribution in [2.75, 3.05) is 32.8 Å². The van der Waals surface area contributed by atoms with Gasteiger partial charge in [0.05, 0.1) is 18.2 Å². The fourth-order valence-corrected chi connectivity index (χ4v) is 2.62. The Morgan fingerprint density at radius 1 is 1.52 bits per heavy atom. The molecule has 1 amide bonds. The fraction of sp³-hybridized carbons (Fsp3) is 0.467. The zero-order chi connectivity index (χ0) is 14.7.